The van der Waals surface area contributed by atoms with Crippen LogP contribution in [0.3, 0.4) is 0 Å². The highest BCUT2D eigenvalue weighted by Gasteiger charge is 2.15. The molecule has 0 aliphatic rings. The van der Waals surface area contributed by atoms with E-state index in [0.29, 0.717) is 15.7 Å². The Labute approximate surface area is 130 Å². The van der Waals surface area contributed by atoms with E-state index in [1.807, 2.05) is 6.92 Å². The van der Waals surface area contributed by atoms with Gasteiger partial charge in [0.25, 0.3) is 5.69 Å². The maximum absolute atomic E-state index is 13.8. The second-order valence-corrected chi connectivity index (χ2v) is 5.71. The lowest BCUT2D eigenvalue weighted by Crippen LogP contribution is -2.08. The minimum atomic E-state index is -0.411. The molecule has 1 atom stereocenters. The summed E-state index contributed by atoms with van der Waals surface area (Å²) in [5.74, 6) is -0.377. The van der Waals surface area contributed by atoms with Crippen molar-refractivity contribution in [1.82, 2.24) is 0 Å². The van der Waals surface area contributed by atoms with Crippen LogP contribution >= 0.6 is 15.9 Å². The van der Waals surface area contributed by atoms with Gasteiger partial charge in [-0.1, -0.05) is 28.1 Å². The number of anilines is 1. The van der Waals surface area contributed by atoms with Gasteiger partial charge >= 0.3 is 0 Å². The molecule has 0 bridgehead atoms. The molecule has 0 radical (unpaired) electrons. The predicted octanol–water partition coefficient (Wildman–Crippen LogP) is 4.98. The Morgan fingerprint density at radius 3 is 2.62 bits per heavy atom. The van der Waals surface area contributed by atoms with Gasteiger partial charge in [-0.3, -0.25) is 10.1 Å². The lowest BCUT2D eigenvalue weighted by atomic mass is 10.0. The first kappa shape index (κ1) is 15.4. The first-order chi connectivity index (χ1) is 9.88. The maximum atomic E-state index is 13.8. The van der Waals surface area contributed by atoms with E-state index in [9.17, 15) is 14.5 Å². The highest BCUT2D eigenvalue weighted by Crippen LogP contribution is 2.27. The molecule has 0 heterocycles. The van der Waals surface area contributed by atoms with E-state index in [0.717, 1.165) is 5.56 Å². The molecule has 0 saturated carbocycles. The molecule has 6 heteroatoms. The molecule has 0 saturated heterocycles. The van der Waals surface area contributed by atoms with Crippen molar-refractivity contribution in [2.45, 2.75) is 19.9 Å². The third-order valence-electron chi connectivity index (χ3n) is 3.23. The van der Waals surface area contributed by atoms with Crippen molar-refractivity contribution >= 4 is 27.3 Å². The standard InChI is InChI=1S/C15H14BrFN2O2/c1-9-3-4-11(7-15(9)19(20)21)10(2)18-14-6-5-12(16)8-13(14)17/h3-8,10,18H,1-2H3. The second kappa shape index (κ2) is 6.22. The summed E-state index contributed by atoms with van der Waals surface area (Å²) in [4.78, 5) is 10.6. The van der Waals surface area contributed by atoms with Gasteiger partial charge < -0.3 is 5.32 Å². The molecule has 1 unspecified atom stereocenters. The quantitative estimate of drug-likeness (QED) is 0.623. The van der Waals surface area contributed by atoms with Gasteiger partial charge in [0.1, 0.15) is 5.82 Å². The van der Waals surface area contributed by atoms with Crippen LogP contribution in [0, 0.1) is 22.9 Å². The first-order valence-corrected chi connectivity index (χ1v) is 7.14. The van der Waals surface area contributed by atoms with Crippen molar-refractivity contribution in [3.63, 3.8) is 0 Å². The number of nitro benzene ring substituents is 1. The fraction of sp³-hybridized carbons (Fsp3) is 0.200. The molecular weight excluding hydrogens is 339 g/mol. The Kier molecular flexibility index (Phi) is 4.57. The molecule has 1 N–H and O–H groups in total. The van der Waals surface area contributed by atoms with Crippen LogP contribution in [0.2, 0.25) is 0 Å². The lowest BCUT2D eigenvalue weighted by Gasteiger charge is -2.16. The largest absolute Gasteiger partial charge is 0.376 e. The number of benzene rings is 2. The number of hydrogen-bond acceptors (Lipinski definition) is 3. The number of nitrogens with zero attached hydrogens (tertiary/aromatic N) is 1. The van der Waals surface area contributed by atoms with Gasteiger partial charge in [0.15, 0.2) is 0 Å². The molecule has 0 spiro atoms. The molecule has 2 aromatic carbocycles. The molecule has 4 nitrogen and oxygen atoms in total. The summed E-state index contributed by atoms with van der Waals surface area (Å²) < 4.78 is 14.5. The van der Waals surface area contributed by atoms with Crippen LogP contribution in [0.25, 0.3) is 0 Å². The molecule has 0 aliphatic carbocycles. The van der Waals surface area contributed by atoms with Gasteiger partial charge in [-0.05, 0) is 37.6 Å². The van der Waals surface area contributed by atoms with E-state index in [1.54, 1.807) is 31.2 Å². The zero-order valence-electron chi connectivity index (χ0n) is 11.6. The Balaban J connectivity index is 2.26. The van der Waals surface area contributed by atoms with Crippen molar-refractivity contribution in [2.24, 2.45) is 0 Å². The molecule has 2 aromatic rings. The van der Waals surface area contributed by atoms with Crippen molar-refractivity contribution in [1.29, 1.82) is 0 Å². The fourth-order valence-corrected chi connectivity index (χ4v) is 2.35. The number of nitrogens with one attached hydrogen (secondary N) is 1. The lowest BCUT2D eigenvalue weighted by molar-refractivity contribution is -0.385. The van der Waals surface area contributed by atoms with Gasteiger partial charge in [0.05, 0.1) is 10.6 Å². The molecule has 0 amide bonds. The topological polar surface area (TPSA) is 55.2 Å². The number of halogens is 2. The zero-order valence-corrected chi connectivity index (χ0v) is 13.1. The van der Waals surface area contributed by atoms with E-state index in [2.05, 4.69) is 21.2 Å². The van der Waals surface area contributed by atoms with Crippen molar-refractivity contribution in [3.8, 4) is 0 Å². The molecule has 2 rings (SSSR count). The summed E-state index contributed by atoms with van der Waals surface area (Å²) in [5, 5.41) is 14.0. The van der Waals surface area contributed by atoms with Crippen LogP contribution in [0.15, 0.2) is 40.9 Å². The zero-order chi connectivity index (χ0) is 15.6. The van der Waals surface area contributed by atoms with Gasteiger partial charge in [-0.25, -0.2) is 4.39 Å². The van der Waals surface area contributed by atoms with E-state index in [-0.39, 0.29) is 17.5 Å². The Bertz CT molecular complexity index is 691. The van der Waals surface area contributed by atoms with Crippen molar-refractivity contribution < 1.29 is 9.31 Å². The molecular formula is C15H14BrFN2O2. The Hall–Kier alpha value is -1.95. The maximum Gasteiger partial charge on any atom is 0.272 e. The average molecular weight is 353 g/mol. The highest BCUT2D eigenvalue weighted by atomic mass is 79.9. The normalized spacial score (nSPS) is 12.0. The third-order valence-corrected chi connectivity index (χ3v) is 3.73. The molecule has 0 aliphatic heterocycles. The minimum Gasteiger partial charge on any atom is -0.376 e. The summed E-state index contributed by atoms with van der Waals surface area (Å²) in [7, 11) is 0. The fourth-order valence-electron chi connectivity index (χ4n) is 2.02. The van der Waals surface area contributed by atoms with Crippen molar-refractivity contribution in [2.75, 3.05) is 5.32 Å². The minimum absolute atomic E-state index is 0.0671. The smallest absolute Gasteiger partial charge is 0.272 e. The van der Waals surface area contributed by atoms with E-state index >= 15 is 0 Å². The summed E-state index contributed by atoms with van der Waals surface area (Å²) in [6.07, 6.45) is 0. The van der Waals surface area contributed by atoms with Crippen molar-refractivity contribution in [3.05, 3.63) is 67.9 Å². The van der Waals surface area contributed by atoms with E-state index in [4.69, 9.17) is 0 Å². The summed E-state index contributed by atoms with van der Waals surface area (Å²) in [6.45, 7) is 3.52. The first-order valence-electron chi connectivity index (χ1n) is 6.35. The van der Waals surface area contributed by atoms with Crippen LogP contribution in [-0.4, -0.2) is 4.92 Å². The van der Waals surface area contributed by atoms with Crippen LogP contribution < -0.4 is 5.32 Å². The van der Waals surface area contributed by atoms with Gasteiger partial charge in [0, 0.05) is 22.1 Å². The monoisotopic (exact) mass is 352 g/mol. The van der Waals surface area contributed by atoms with Crippen LogP contribution in [0.4, 0.5) is 15.8 Å². The van der Waals surface area contributed by atoms with Crippen LogP contribution in [0.5, 0.6) is 0 Å². The van der Waals surface area contributed by atoms with Gasteiger partial charge in [0.2, 0.25) is 0 Å². The van der Waals surface area contributed by atoms with Crippen LogP contribution in [0.1, 0.15) is 24.1 Å². The number of aryl methyl sites for hydroxylation is 1. The van der Waals surface area contributed by atoms with E-state index in [1.165, 1.54) is 12.1 Å². The SMILES string of the molecule is Cc1ccc(C(C)Nc2ccc(Br)cc2F)cc1[N+](=O)[O-]. The van der Waals surface area contributed by atoms with Crippen LogP contribution in [-0.2, 0) is 0 Å². The second-order valence-electron chi connectivity index (χ2n) is 4.79. The Morgan fingerprint density at radius 2 is 2.00 bits per heavy atom. The van der Waals surface area contributed by atoms with Gasteiger partial charge in [-0.2, -0.15) is 0 Å². The molecule has 0 fully saturated rings. The summed E-state index contributed by atoms with van der Waals surface area (Å²) in [6, 6.07) is 9.49. The van der Waals surface area contributed by atoms with E-state index < -0.39 is 4.92 Å². The van der Waals surface area contributed by atoms with Gasteiger partial charge in [-0.15, -0.1) is 0 Å². The number of hydrogen-bond donors (Lipinski definition) is 1. The molecule has 0 aromatic heterocycles. The average Bonchev–Trinajstić information content (AvgIpc) is 2.42. The molecule has 110 valence electrons. The third kappa shape index (κ3) is 3.58. The summed E-state index contributed by atoms with van der Waals surface area (Å²) in [5.41, 5.74) is 1.76. The number of rotatable bonds is 4. The number of nitro groups is 1. The predicted molar refractivity (Wildman–Crippen MR) is 84.0 cm³/mol. The Morgan fingerprint density at radius 1 is 1.29 bits per heavy atom. The summed E-state index contributed by atoms with van der Waals surface area (Å²) >= 11 is 3.20. The molecule has 21 heavy (non-hydrogen) atoms. The highest BCUT2D eigenvalue weighted by molar-refractivity contribution is 9.10.